The van der Waals surface area contributed by atoms with Crippen LogP contribution in [0.4, 0.5) is 0 Å². The third-order valence-corrected chi connectivity index (χ3v) is 2.22. The summed E-state index contributed by atoms with van der Waals surface area (Å²) in [5.74, 6) is 0. The van der Waals surface area contributed by atoms with Gasteiger partial charge in [-0.25, -0.2) is 0 Å². The van der Waals surface area contributed by atoms with Crippen molar-refractivity contribution in [1.82, 2.24) is 0 Å². The van der Waals surface area contributed by atoms with E-state index in [-0.39, 0.29) is 6.61 Å². The average molecular weight is 260 g/mol. The molecule has 0 aliphatic rings. The molecule has 0 aliphatic carbocycles. The predicted molar refractivity (Wildman–Crippen MR) is 43.8 cm³/mol. The van der Waals surface area contributed by atoms with E-state index in [1.165, 1.54) is 0 Å². The summed E-state index contributed by atoms with van der Waals surface area (Å²) in [4.78, 5) is 1.73. The minimum absolute atomic E-state index is 0.0720. The van der Waals surface area contributed by atoms with Crippen molar-refractivity contribution in [2.45, 2.75) is 0 Å². The number of rotatable bonds is 4. The van der Waals surface area contributed by atoms with Crippen LogP contribution in [0, 0.1) is 0 Å². The summed E-state index contributed by atoms with van der Waals surface area (Å²) in [7, 11) is 0. The van der Waals surface area contributed by atoms with Crippen molar-refractivity contribution in [3.05, 3.63) is 9.47 Å². The lowest BCUT2D eigenvalue weighted by atomic mass is 10.7. The molecule has 0 aromatic heterocycles. The van der Waals surface area contributed by atoms with Gasteiger partial charge in [0.2, 0.25) is 0 Å². The molecule has 0 saturated heterocycles. The van der Waals surface area contributed by atoms with Gasteiger partial charge in [-0.1, -0.05) is 31.9 Å². The van der Waals surface area contributed by atoms with Crippen molar-refractivity contribution in [2.75, 3.05) is 19.8 Å². The maximum atomic E-state index is 8.28. The number of hydrogen-bond acceptors (Lipinski definition) is 2. The molecule has 54 valence electrons. The lowest BCUT2D eigenvalue weighted by Crippen LogP contribution is -1.99. The van der Waals surface area contributed by atoms with Crippen LogP contribution in [0.5, 0.6) is 0 Å². The fraction of sp³-hybridized carbons (Fsp3) is 0.600. The summed E-state index contributed by atoms with van der Waals surface area (Å²) >= 11 is 6.33. The van der Waals surface area contributed by atoms with Gasteiger partial charge in [-0.3, -0.25) is 0 Å². The van der Waals surface area contributed by atoms with E-state index in [4.69, 9.17) is 9.84 Å². The van der Waals surface area contributed by atoms with Crippen molar-refractivity contribution in [3.8, 4) is 0 Å². The molecule has 0 atom stereocenters. The second kappa shape index (κ2) is 6.74. The zero-order chi connectivity index (χ0) is 7.11. The summed E-state index contributed by atoms with van der Waals surface area (Å²) in [5.41, 5.74) is 0. The van der Waals surface area contributed by atoms with Gasteiger partial charge in [0.15, 0.2) is 0 Å². The van der Waals surface area contributed by atoms with Crippen LogP contribution in [-0.2, 0) is 4.74 Å². The van der Waals surface area contributed by atoms with Gasteiger partial charge in [0.1, 0.15) is 0 Å². The summed E-state index contributed by atoms with van der Waals surface area (Å²) in [6.45, 7) is 0.963. The molecule has 9 heavy (non-hydrogen) atoms. The lowest BCUT2D eigenvalue weighted by Gasteiger charge is -1.97. The third kappa shape index (κ3) is 6.51. The molecule has 0 aliphatic heterocycles. The van der Waals surface area contributed by atoms with Gasteiger partial charge >= 0.3 is 0 Å². The van der Waals surface area contributed by atoms with Crippen molar-refractivity contribution < 1.29 is 9.84 Å². The molecule has 0 aromatic carbocycles. The van der Waals surface area contributed by atoms with E-state index in [1.54, 1.807) is 4.99 Å². The van der Waals surface area contributed by atoms with Crippen LogP contribution in [-0.4, -0.2) is 24.9 Å². The van der Waals surface area contributed by atoms with Gasteiger partial charge in [0.05, 0.1) is 19.8 Å². The first-order valence-electron chi connectivity index (χ1n) is 2.44. The third-order valence-electron chi connectivity index (χ3n) is 0.594. The number of hydrogen-bond donors (Lipinski definition) is 1. The Balaban J connectivity index is 3.07. The van der Waals surface area contributed by atoms with E-state index in [0.717, 1.165) is 4.48 Å². The Morgan fingerprint density at radius 1 is 1.67 bits per heavy atom. The van der Waals surface area contributed by atoms with Crippen LogP contribution in [0.1, 0.15) is 0 Å². The van der Waals surface area contributed by atoms with E-state index in [2.05, 4.69) is 31.9 Å². The second-order valence-corrected chi connectivity index (χ2v) is 2.81. The molecule has 1 N–H and O–H groups in total. The van der Waals surface area contributed by atoms with Crippen LogP contribution in [0.3, 0.4) is 0 Å². The normalized spacial score (nSPS) is 12.1. The molecule has 0 fully saturated rings. The zero-order valence-corrected chi connectivity index (χ0v) is 7.98. The maximum Gasteiger partial charge on any atom is 0.0788 e. The molecule has 4 heteroatoms. The molecule has 0 amide bonds. The van der Waals surface area contributed by atoms with Gasteiger partial charge < -0.3 is 9.84 Å². The van der Waals surface area contributed by atoms with Crippen molar-refractivity contribution >= 4 is 31.9 Å². The maximum absolute atomic E-state index is 8.28. The highest BCUT2D eigenvalue weighted by molar-refractivity contribution is 9.14. The Kier molecular flexibility index (Phi) is 7.20. The average Bonchev–Trinajstić information content (AvgIpc) is 1.89. The minimum Gasteiger partial charge on any atom is -0.394 e. The number of aliphatic hydroxyl groups excluding tert-OH is 1. The molecule has 0 rings (SSSR count). The number of ether oxygens (including phenoxy) is 1. The first-order chi connectivity index (χ1) is 4.31. The second-order valence-electron chi connectivity index (χ2n) is 1.33. The smallest absolute Gasteiger partial charge is 0.0788 e. The number of halogens is 2. The van der Waals surface area contributed by atoms with E-state index in [0.29, 0.717) is 13.2 Å². The van der Waals surface area contributed by atoms with Crippen molar-refractivity contribution in [1.29, 1.82) is 0 Å². The Morgan fingerprint density at radius 3 is 2.78 bits per heavy atom. The molecule has 0 bridgehead atoms. The van der Waals surface area contributed by atoms with Gasteiger partial charge in [0, 0.05) is 4.48 Å². The summed E-state index contributed by atoms with van der Waals surface area (Å²) in [6.07, 6.45) is 0. The Hall–Kier alpha value is 0.620. The summed E-state index contributed by atoms with van der Waals surface area (Å²) in [5, 5.41) is 8.28. The van der Waals surface area contributed by atoms with Gasteiger partial charge in [-0.2, -0.15) is 0 Å². The van der Waals surface area contributed by atoms with Crippen molar-refractivity contribution in [2.24, 2.45) is 0 Å². The van der Waals surface area contributed by atoms with E-state index >= 15 is 0 Å². The molecule has 0 unspecified atom stereocenters. The van der Waals surface area contributed by atoms with Crippen LogP contribution < -0.4 is 0 Å². The van der Waals surface area contributed by atoms with E-state index < -0.39 is 0 Å². The molecule has 0 spiro atoms. The fourth-order valence-electron chi connectivity index (χ4n) is 0.266. The summed E-state index contributed by atoms with van der Waals surface area (Å²) < 4.78 is 5.87. The largest absolute Gasteiger partial charge is 0.394 e. The zero-order valence-electron chi connectivity index (χ0n) is 4.81. The topological polar surface area (TPSA) is 29.5 Å². The molecule has 0 saturated carbocycles. The molecule has 0 aromatic rings. The Labute approximate surface area is 71.2 Å². The Morgan fingerprint density at radius 2 is 2.33 bits per heavy atom. The standard InChI is InChI=1S/C5H8Br2O2/c6-3-5(7)4-9-2-1-8/h3,8H,1-2,4H2/b5-3-. The molecule has 0 heterocycles. The highest BCUT2D eigenvalue weighted by atomic mass is 79.9. The lowest BCUT2D eigenvalue weighted by molar-refractivity contribution is 0.111. The van der Waals surface area contributed by atoms with Gasteiger partial charge in [-0.05, 0) is 4.99 Å². The number of aliphatic hydroxyl groups is 1. The quantitative estimate of drug-likeness (QED) is 0.778. The minimum atomic E-state index is 0.0720. The Bertz CT molecular complexity index is 93.0. The van der Waals surface area contributed by atoms with Crippen LogP contribution in [0.2, 0.25) is 0 Å². The van der Waals surface area contributed by atoms with Crippen molar-refractivity contribution in [3.63, 3.8) is 0 Å². The van der Waals surface area contributed by atoms with E-state index in [9.17, 15) is 0 Å². The monoisotopic (exact) mass is 258 g/mol. The predicted octanol–water partition coefficient (Wildman–Crippen LogP) is 1.63. The highest BCUT2D eigenvalue weighted by Gasteiger charge is 1.88. The molecule has 0 radical (unpaired) electrons. The van der Waals surface area contributed by atoms with E-state index in [1.807, 2.05) is 0 Å². The molecule has 2 nitrogen and oxygen atoms in total. The first-order valence-corrected chi connectivity index (χ1v) is 4.15. The van der Waals surface area contributed by atoms with Gasteiger partial charge in [0.25, 0.3) is 0 Å². The summed E-state index contributed by atoms with van der Waals surface area (Å²) in [6, 6.07) is 0. The van der Waals surface area contributed by atoms with Crippen LogP contribution >= 0.6 is 31.9 Å². The van der Waals surface area contributed by atoms with Crippen LogP contribution in [0.15, 0.2) is 9.47 Å². The highest BCUT2D eigenvalue weighted by Crippen LogP contribution is 2.06. The van der Waals surface area contributed by atoms with Crippen LogP contribution in [0.25, 0.3) is 0 Å². The first kappa shape index (κ1) is 9.62. The van der Waals surface area contributed by atoms with Gasteiger partial charge in [-0.15, -0.1) is 0 Å². The fourth-order valence-corrected chi connectivity index (χ4v) is 0.560. The SMILES string of the molecule is OCCOC/C(Br)=C/Br. The molecular formula is C5H8Br2O2. The molecular weight excluding hydrogens is 252 g/mol.